The third kappa shape index (κ3) is 5.12. The molecule has 2 heterocycles. The zero-order valence-electron chi connectivity index (χ0n) is 20.4. The van der Waals surface area contributed by atoms with Crippen LogP contribution >= 0.6 is 0 Å². The number of benzene rings is 2. The van der Waals surface area contributed by atoms with Gasteiger partial charge in [0.2, 0.25) is 0 Å². The first-order chi connectivity index (χ1) is 17.5. The van der Waals surface area contributed by atoms with E-state index in [1.54, 1.807) is 24.1 Å². The van der Waals surface area contributed by atoms with E-state index >= 15 is 0 Å². The molecule has 1 amide bonds. The minimum Gasteiger partial charge on any atom is -0.497 e. The predicted octanol–water partition coefficient (Wildman–Crippen LogP) is 4.07. The average Bonchev–Trinajstić information content (AvgIpc) is 2.92. The zero-order chi connectivity index (χ0) is 25.1. The van der Waals surface area contributed by atoms with Crippen molar-refractivity contribution in [2.45, 2.75) is 51.0 Å². The number of aromatic nitrogens is 2. The van der Waals surface area contributed by atoms with E-state index in [-0.39, 0.29) is 23.1 Å². The Morgan fingerprint density at radius 3 is 2.47 bits per heavy atom. The molecule has 0 atom stereocenters. The summed E-state index contributed by atoms with van der Waals surface area (Å²) in [6.07, 6.45) is 5.38. The Bertz CT molecular complexity index is 1300. The normalized spacial score (nSPS) is 15.9. The number of nitrogens with one attached hydrogen (secondary N) is 1. The van der Waals surface area contributed by atoms with Gasteiger partial charge in [0.1, 0.15) is 23.4 Å². The minimum atomic E-state index is -0.531. The largest absolute Gasteiger partial charge is 0.497 e. The fraction of sp³-hybridized carbons (Fsp3) is 0.393. The number of nitrogens with zero attached hydrogens (tertiary/aromatic N) is 2. The number of hydrogen-bond donors (Lipinski definition) is 1. The molecule has 0 saturated carbocycles. The van der Waals surface area contributed by atoms with Crippen LogP contribution in [0.1, 0.15) is 58.4 Å². The van der Waals surface area contributed by atoms with Gasteiger partial charge in [0.25, 0.3) is 11.5 Å². The molecule has 0 radical (unpaired) electrons. The lowest BCUT2D eigenvalue weighted by atomic mass is 9.90. The van der Waals surface area contributed by atoms with Gasteiger partial charge in [-0.1, -0.05) is 6.07 Å². The second-order valence-corrected chi connectivity index (χ2v) is 9.44. The molecule has 2 aliphatic rings. The first kappa shape index (κ1) is 24.0. The van der Waals surface area contributed by atoms with E-state index in [2.05, 4.69) is 10.2 Å². The molecule has 2 aromatic carbocycles. The summed E-state index contributed by atoms with van der Waals surface area (Å²) in [4.78, 5) is 27.0. The van der Waals surface area contributed by atoms with Gasteiger partial charge in [-0.25, -0.2) is 9.49 Å². The molecule has 0 bridgehead atoms. The quantitative estimate of drug-likeness (QED) is 0.562. The lowest BCUT2D eigenvalue weighted by Gasteiger charge is -2.32. The Morgan fingerprint density at radius 1 is 1.06 bits per heavy atom. The van der Waals surface area contributed by atoms with Gasteiger partial charge in [0.05, 0.1) is 18.4 Å². The van der Waals surface area contributed by atoms with Gasteiger partial charge >= 0.3 is 0 Å². The number of H-pyrrole nitrogens is 1. The summed E-state index contributed by atoms with van der Waals surface area (Å²) < 4.78 is 25.9. The van der Waals surface area contributed by atoms with Crippen molar-refractivity contribution in [2.24, 2.45) is 0 Å². The number of methoxy groups -OCH3 is 1. The van der Waals surface area contributed by atoms with Crippen LogP contribution in [0, 0.1) is 5.82 Å². The van der Waals surface area contributed by atoms with E-state index in [9.17, 15) is 14.0 Å². The fourth-order valence-electron chi connectivity index (χ4n) is 5.11. The van der Waals surface area contributed by atoms with E-state index in [0.717, 1.165) is 59.6 Å². The lowest BCUT2D eigenvalue weighted by Crippen LogP contribution is -2.42. The molecule has 188 valence electrons. The summed E-state index contributed by atoms with van der Waals surface area (Å²) in [6, 6.07) is 12.1. The number of rotatable bonds is 6. The van der Waals surface area contributed by atoms with Crippen LogP contribution in [-0.2, 0) is 19.3 Å². The summed E-state index contributed by atoms with van der Waals surface area (Å²) in [5.74, 6) is 0.686. The Hall–Kier alpha value is -3.68. The number of ether oxygens (including phenoxy) is 2. The number of fused-ring (bicyclic) bond motifs is 1. The van der Waals surface area contributed by atoms with E-state index in [0.29, 0.717) is 32.4 Å². The van der Waals surface area contributed by atoms with Gasteiger partial charge in [-0.3, -0.25) is 9.59 Å². The molecule has 1 aromatic heterocycles. The number of halogens is 1. The highest BCUT2D eigenvalue weighted by molar-refractivity contribution is 5.94. The topological polar surface area (TPSA) is 84.5 Å². The third-order valence-electron chi connectivity index (χ3n) is 7.11. The van der Waals surface area contributed by atoms with Gasteiger partial charge in [-0.2, -0.15) is 5.10 Å². The molecule has 3 aromatic rings. The molecule has 1 aliphatic carbocycles. The molecule has 1 fully saturated rings. The van der Waals surface area contributed by atoms with E-state index in [1.807, 2.05) is 24.3 Å². The molecule has 1 saturated heterocycles. The first-order valence-corrected chi connectivity index (χ1v) is 12.5. The maximum absolute atomic E-state index is 14.7. The molecular weight excluding hydrogens is 461 g/mol. The molecule has 7 nitrogen and oxygen atoms in total. The van der Waals surface area contributed by atoms with Crippen LogP contribution in [0.4, 0.5) is 4.39 Å². The fourth-order valence-corrected chi connectivity index (χ4v) is 5.11. The maximum atomic E-state index is 14.7. The highest BCUT2D eigenvalue weighted by Crippen LogP contribution is 2.25. The third-order valence-corrected chi connectivity index (χ3v) is 7.11. The number of piperidine rings is 1. The van der Waals surface area contributed by atoms with Crippen molar-refractivity contribution in [3.05, 3.63) is 86.6 Å². The molecule has 5 rings (SSSR count). The van der Waals surface area contributed by atoms with Crippen LogP contribution in [-0.4, -0.2) is 47.3 Å². The van der Waals surface area contributed by atoms with Crippen LogP contribution in [0.2, 0.25) is 0 Å². The summed E-state index contributed by atoms with van der Waals surface area (Å²) in [6.45, 7) is 0.997. The van der Waals surface area contributed by atoms with Crippen molar-refractivity contribution in [1.82, 2.24) is 15.1 Å². The molecule has 0 unspecified atom stereocenters. The van der Waals surface area contributed by atoms with Crippen LogP contribution in [0.5, 0.6) is 11.5 Å². The highest BCUT2D eigenvalue weighted by Gasteiger charge is 2.27. The van der Waals surface area contributed by atoms with Gasteiger partial charge < -0.3 is 14.4 Å². The van der Waals surface area contributed by atoms with E-state index < -0.39 is 5.82 Å². The number of hydrogen-bond acceptors (Lipinski definition) is 5. The number of amides is 1. The average molecular weight is 492 g/mol. The predicted molar refractivity (Wildman–Crippen MR) is 133 cm³/mol. The zero-order valence-corrected chi connectivity index (χ0v) is 20.4. The van der Waals surface area contributed by atoms with Gasteiger partial charge in [0.15, 0.2) is 0 Å². The van der Waals surface area contributed by atoms with Crippen LogP contribution in [0.25, 0.3) is 0 Å². The summed E-state index contributed by atoms with van der Waals surface area (Å²) in [7, 11) is 1.62. The Labute approximate surface area is 209 Å². The summed E-state index contributed by atoms with van der Waals surface area (Å²) >= 11 is 0. The number of aromatic amines is 1. The SMILES string of the molecule is COc1ccc(OC2CCN(C(=O)c3cc(Cc4n[nH]c(=O)c5c4CCCC5)ccc3F)CC2)cc1. The standard InChI is InChI=1S/C28H30FN3O4/c1-35-19-7-9-20(10-8-19)36-21-12-14-32(15-13-21)28(34)24-16-18(6-11-25(24)29)17-26-22-4-2-3-5-23(22)27(33)31-30-26/h6-11,16,21H,2-5,12-15,17H2,1H3,(H,31,33). The second-order valence-electron chi connectivity index (χ2n) is 9.44. The molecule has 1 aliphatic heterocycles. The number of carbonyl (C=O) groups is 1. The van der Waals surface area contributed by atoms with Crippen LogP contribution < -0.4 is 15.0 Å². The smallest absolute Gasteiger partial charge is 0.267 e. The highest BCUT2D eigenvalue weighted by atomic mass is 19.1. The van der Waals surface area contributed by atoms with E-state index in [1.165, 1.54) is 6.07 Å². The maximum Gasteiger partial charge on any atom is 0.267 e. The van der Waals surface area contributed by atoms with Gasteiger partial charge in [-0.15, -0.1) is 0 Å². The van der Waals surface area contributed by atoms with Crippen molar-refractivity contribution in [2.75, 3.05) is 20.2 Å². The number of likely N-dealkylation sites (tertiary alicyclic amines) is 1. The van der Waals surface area contributed by atoms with Gasteiger partial charge in [-0.05, 0) is 73.2 Å². The van der Waals surface area contributed by atoms with Crippen molar-refractivity contribution in [1.29, 1.82) is 0 Å². The molecule has 0 spiro atoms. The second kappa shape index (κ2) is 10.5. The molecule has 1 N–H and O–H groups in total. The molecular formula is C28H30FN3O4. The number of carbonyl (C=O) groups excluding carboxylic acids is 1. The molecule has 8 heteroatoms. The van der Waals surface area contributed by atoms with Crippen molar-refractivity contribution < 1.29 is 18.7 Å². The van der Waals surface area contributed by atoms with E-state index in [4.69, 9.17) is 9.47 Å². The van der Waals surface area contributed by atoms with Crippen LogP contribution in [0.15, 0.2) is 47.3 Å². The van der Waals surface area contributed by atoms with Crippen molar-refractivity contribution in [3.8, 4) is 11.5 Å². The monoisotopic (exact) mass is 491 g/mol. The van der Waals surface area contributed by atoms with Crippen molar-refractivity contribution >= 4 is 5.91 Å². The first-order valence-electron chi connectivity index (χ1n) is 12.5. The lowest BCUT2D eigenvalue weighted by molar-refractivity contribution is 0.0591. The minimum absolute atomic E-state index is 0.00360. The Balaban J connectivity index is 1.25. The van der Waals surface area contributed by atoms with Gasteiger partial charge in [0, 0.05) is 37.9 Å². The van der Waals surface area contributed by atoms with Crippen LogP contribution in [0.3, 0.4) is 0 Å². The molecule has 36 heavy (non-hydrogen) atoms. The Kier molecular flexibility index (Phi) is 7.02. The van der Waals surface area contributed by atoms with Crippen molar-refractivity contribution in [3.63, 3.8) is 0 Å². The summed E-state index contributed by atoms with van der Waals surface area (Å²) in [5, 5.41) is 6.88. The Morgan fingerprint density at radius 2 is 1.75 bits per heavy atom. The summed E-state index contributed by atoms with van der Waals surface area (Å²) in [5.41, 5.74) is 3.35.